The smallest absolute Gasteiger partial charge is 0.410 e. The van der Waals surface area contributed by atoms with Gasteiger partial charge in [-0.2, -0.15) is 8.42 Å². The van der Waals surface area contributed by atoms with Gasteiger partial charge < -0.3 is 9.47 Å². The Morgan fingerprint density at radius 3 is 2.46 bits per heavy atom. The fourth-order valence-corrected chi connectivity index (χ4v) is 4.39. The summed E-state index contributed by atoms with van der Waals surface area (Å²) in [6.07, 6.45) is 2.49. The number of carbonyl (C=O) groups excluding carboxylic acids is 2. The Morgan fingerprint density at radius 1 is 1.17 bits per heavy atom. The quantitative estimate of drug-likeness (QED) is 0.546. The number of carbonyl (C=O) groups is 2. The van der Waals surface area contributed by atoms with E-state index in [1.54, 1.807) is 6.92 Å². The van der Waals surface area contributed by atoms with Crippen LogP contribution in [0.25, 0.3) is 0 Å². The zero-order chi connectivity index (χ0) is 17.9. The first kappa shape index (κ1) is 19.0. The van der Waals surface area contributed by atoms with Crippen molar-refractivity contribution in [1.29, 1.82) is 0 Å². The summed E-state index contributed by atoms with van der Waals surface area (Å²) in [7, 11) is -2.22. The summed E-state index contributed by atoms with van der Waals surface area (Å²) < 4.78 is 37.6. The summed E-state index contributed by atoms with van der Waals surface area (Å²) in [5.74, 6) is -0.137. The number of fused-ring (bicyclic) bond motifs is 1. The molecule has 2 fully saturated rings. The lowest BCUT2D eigenvalue weighted by Crippen LogP contribution is -2.55. The second-order valence-corrected chi connectivity index (χ2v) is 7.98. The highest BCUT2D eigenvalue weighted by Crippen LogP contribution is 2.40. The van der Waals surface area contributed by atoms with Crippen LogP contribution in [0.5, 0.6) is 0 Å². The molecule has 0 unspecified atom stereocenters. The van der Waals surface area contributed by atoms with Gasteiger partial charge in [-0.15, -0.1) is 0 Å². The first-order chi connectivity index (χ1) is 11.2. The average molecular weight is 363 g/mol. The highest BCUT2D eigenvalue weighted by atomic mass is 32.2. The Morgan fingerprint density at radius 2 is 1.88 bits per heavy atom. The fourth-order valence-electron chi connectivity index (χ4n) is 3.72. The van der Waals surface area contributed by atoms with E-state index in [0.717, 1.165) is 12.7 Å². The van der Waals surface area contributed by atoms with Crippen molar-refractivity contribution in [3.05, 3.63) is 0 Å². The van der Waals surface area contributed by atoms with Gasteiger partial charge in [0.05, 0.1) is 26.1 Å². The van der Waals surface area contributed by atoms with Gasteiger partial charge in [0.1, 0.15) is 6.04 Å². The van der Waals surface area contributed by atoms with Crippen molar-refractivity contribution < 1.29 is 31.7 Å². The predicted molar refractivity (Wildman–Crippen MR) is 84.7 cm³/mol. The number of ether oxygens (including phenoxy) is 2. The molecule has 2 aliphatic rings. The fraction of sp³-hybridized carbons (Fsp3) is 0.867. The van der Waals surface area contributed by atoms with Crippen LogP contribution in [-0.2, 0) is 28.6 Å². The Kier molecular flexibility index (Phi) is 6.08. The summed E-state index contributed by atoms with van der Waals surface area (Å²) in [6.45, 7) is 2.35. The van der Waals surface area contributed by atoms with Crippen LogP contribution in [0.15, 0.2) is 0 Å². The second-order valence-electron chi connectivity index (χ2n) is 6.38. The van der Waals surface area contributed by atoms with Crippen molar-refractivity contribution in [1.82, 2.24) is 4.90 Å². The molecule has 24 heavy (non-hydrogen) atoms. The molecule has 1 amide bonds. The Labute approximate surface area is 142 Å². The minimum atomic E-state index is -3.50. The van der Waals surface area contributed by atoms with Crippen molar-refractivity contribution >= 4 is 22.2 Å². The topological polar surface area (TPSA) is 99.2 Å². The molecule has 1 saturated heterocycles. The SMILES string of the molecule is CCOC(=O)[C@@H]1C[C@@H]2C[C@H](OS(C)(=O)=O)CC[C@H]2CN1C(=O)OC. The lowest BCUT2D eigenvalue weighted by molar-refractivity contribution is -0.152. The summed E-state index contributed by atoms with van der Waals surface area (Å²) in [6, 6.07) is -0.698. The van der Waals surface area contributed by atoms with Crippen molar-refractivity contribution in [2.75, 3.05) is 26.5 Å². The molecule has 138 valence electrons. The maximum Gasteiger partial charge on any atom is 0.410 e. The molecule has 0 spiro atoms. The molecule has 0 N–H and O–H groups in total. The summed E-state index contributed by atoms with van der Waals surface area (Å²) in [4.78, 5) is 25.6. The average Bonchev–Trinajstić information content (AvgIpc) is 2.51. The Balaban J connectivity index is 2.11. The summed E-state index contributed by atoms with van der Waals surface area (Å²) >= 11 is 0. The zero-order valence-electron chi connectivity index (χ0n) is 14.3. The van der Waals surface area contributed by atoms with Crippen LogP contribution in [0.3, 0.4) is 0 Å². The first-order valence-electron chi connectivity index (χ1n) is 8.14. The molecule has 8 nitrogen and oxygen atoms in total. The Bertz CT molecular complexity index is 576. The number of amides is 1. The van der Waals surface area contributed by atoms with E-state index < -0.39 is 28.2 Å². The number of esters is 1. The monoisotopic (exact) mass is 363 g/mol. The molecule has 2 rings (SSSR count). The second kappa shape index (κ2) is 7.69. The normalized spacial score (nSPS) is 30.4. The summed E-state index contributed by atoms with van der Waals surface area (Å²) in [5, 5.41) is 0. The molecule has 0 radical (unpaired) electrons. The minimum Gasteiger partial charge on any atom is -0.464 e. The third kappa shape index (κ3) is 4.60. The number of methoxy groups -OCH3 is 1. The number of piperidine rings is 1. The molecule has 1 saturated carbocycles. The van der Waals surface area contributed by atoms with Crippen LogP contribution in [-0.4, -0.2) is 64.0 Å². The van der Waals surface area contributed by atoms with Crippen molar-refractivity contribution in [3.63, 3.8) is 0 Å². The number of hydrogen-bond donors (Lipinski definition) is 0. The number of hydrogen-bond acceptors (Lipinski definition) is 7. The van der Waals surface area contributed by atoms with Crippen LogP contribution >= 0.6 is 0 Å². The maximum atomic E-state index is 12.2. The molecule has 0 aromatic heterocycles. The molecule has 1 aliphatic heterocycles. The van der Waals surface area contributed by atoms with E-state index in [2.05, 4.69) is 0 Å². The van der Waals surface area contributed by atoms with Gasteiger partial charge in [0.2, 0.25) is 0 Å². The number of rotatable bonds is 4. The predicted octanol–water partition coefficient (Wildman–Crippen LogP) is 1.15. The van der Waals surface area contributed by atoms with E-state index in [1.165, 1.54) is 12.0 Å². The van der Waals surface area contributed by atoms with Crippen LogP contribution in [0.1, 0.15) is 32.6 Å². The molecule has 0 aromatic carbocycles. The van der Waals surface area contributed by atoms with Crippen LogP contribution in [0.2, 0.25) is 0 Å². The van der Waals surface area contributed by atoms with Gasteiger partial charge >= 0.3 is 12.1 Å². The van der Waals surface area contributed by atoms with E-state index in [1.807, 2.05) is 0 Å². The van der Waals surface area contributed by atoms with Gasteiger partial charge in [-0.3, -0.25) is 9.08 Å². The van der Waals surface area contributed by atoms with Gasteiger partial charge in [0, 0.05) is 6.54 Å². The first-order valence-corrected chi connectivity index (χ1v) is 9.96. The zero-order valence-corrected chi connectivity index (χ0v) is 15.1. The van der Waals surface area contributed by atoms with Gasteiger partial charge in [0.15, 0.2) is 0 Å². The van der Waals surface area contributed by atoms with E-state index >= 15 is 0 Å². The van der Waals surface area contributed by atoms with Crippen molar-refractivity contribution in [3.8, 4) is 0 Å². The van der Waals surface area contributed by atoms with Crippen molar-refractivity contribution in [2.24, 2.45) is 11.8 Å². The van der Waals surface area contributed by atoms with E-state index in [0.29, 0.717) is 25.8 Å². The van der Waals surface area contributed by atoms with E-state index in [4.69, 9.17) is 13.7 Å². The van der Waals surface area contributed by atoms with Crippen LogP contribution in [0, 0.1) is 11.8 Å². The summed E-state index contributed by atoms with van der Waals surface area (Å²) in [5.41, 5.74) is 0. The minimum absolute atomic E-state index is 0.112. The maximum absolute atomic E-state index is 12.2. The van der Waals surface area contributed by atoms with Gasteiger partial charge in [-0.25, -0.2) is 9.59 Å². The molecule has 0 bridgehead atoms. The largest absolute Gasteiger partial charge is 0.464 e. The van der Waals surface area contributed by atoms with Gasteiger partial charge in [0.25, 0.3) is 10.1 Å². The van der Waals surface area contributed by atoms with Crippen LogP contribution in [0.4, 0.5) is 4.79 Å². The van der Waals surface area contributed by atoms with Crippen molar-refractivity contribution in [2.45, 2.75) is 44.8 Å². The lowest BCUT2D eigenvalue weighted by Gasteiger charge is -2.45. The van der Waals surface area contributed by atoms with E-state index in [9.17, 15) is 18.0 Å². The standard InChI is InChI=1S/C15H25NO7S/c1-4-22-14(17)13-8-11-7-12(23-24(3,19)20)6-5-10(11)9-16(13)15(18)21-2/h10-13H,4-9H2,1-3H3/t10-,11-,12+,13-/m0/s1. The molecule has 1 heterocycles. The van der Waals surface area contributed by atoms with E-state index in [-0.39, 0.29) is 24.5 Å². The number of nitrogens with zero attached hydrogens (tertiary/aromatic N) is 1. The number of likely N-dealkylation sites (tertiary alicyclic amines) is 1. The molecule has 9 heteroatoms. The molecule has 1 aliphatic carbocycles. The molecular formula is C15H25NO7S. The molecular weight excluding hydrogens is 338 g/mol. The van der Waals surface area contributed by atoms with Gasteiger partial charge in [-0.05, 0) is 44.4 Å². The Hall–Kier alpha value is -1.35. The molecule has 0 aromatic rings. The molecule has 4 atom stereocenters. The van der Waals surface area contributed by atoms with Gasteiger partial charge in [-0.1, -0.05) is 0 Å². The highest BCUT2D eigenvalue weighted by Gasteiger charge is 2.45. The third-order valence-electron chi connectivity index (χ3n) is 4.70. The lowest BCUT2D eigenvalue weighted by atomic mass is 9.72. The van der Waals surface area contributed by atoms with Crippen LogP contribution < -0.4 is 0 Å². The highest BCUT2D eigenvalue weighted by molar-refractivity contribution is 7.86. The third-order valence-corrected chi connectivity index (χ3v) is 5.33.